The minimum absolute atomic E-state index is 0.330. The molecule has 1 rings (SSSR count). The highest BCUT2D eigenvalue weighted by atomic mass is 28.3. The fourth-order valence-electron chi connectivity index (χ4n) is 4.85. The summed E-state index contributed by atoms with van der Waals surface area (Å²) in [5, 5.41) is 0.475. The summed E-state index contributed by atoms with van der Waals surface area (Å²) in [5.41, 5.74) is 1.43. The second-order valence-corrected chi connectivity index (χ2v) is 16.1. The molecular weight excluding hydrogens is 244 g/mol. The van der Waals surface area contributed by atoms with Crippen LogP contribution in [0.15, 0.2) is 0 Å². The zero-order chi connectivity index (χ0) is 15.7. The van der Waals surface area contributed by atoms with Gasteiger partial charge in [0.15, 0.2) is 0 Å². The largest absolute Gasteiger partial charge is 0.0691 e. The first-order chi connectivity index (χ1) is 7.96. The Labute approximate surface area is 123 Å². The van der Waals surface area contributed by atoms with Gasteiger partial charge in [-0.15, -0.1) is 0 Å². The van der Waals surface area contributed by atoms with E-state index in [2.05, 4.69) is 82.0 Å². The summed E-state index contributed by atoms with van der Waals surface area (Å²) in [6.45, 7) is 30.4. The SMILES string of the molecule is CC1(C)CC(C)([Si](C)(C)C)C(C)(C)C(C)(C)C1(C)C. The number of hydrogen-bond acceptors (Lipinski definition) is 0. The molecule has 0 heterocycles. The predicted octanol–water partition coefficient (Wildman–Crippen LogP) is 6.59. The maximum atomic E-state index is 2.60. The monoisotopic (exact) mass is 282 g/mol. The van der Waals surface area contributed by atoms with Gasteiger partial charge in [-0.05, 0) is 33.1 Å². The summed E-state index contributed by atoms with van der Waals surface area (Å²) in [4.78, 5) is 0. The first kappa shape index (κ1) is 17.3. The third kappa shape index (κ3) is 1.83. The van der Waals surface area contributed by atoms with E-state index in [1.54, 1.807) is 0 Å². The lowest BCUT2D eigenvalue weighted by Crippen LogP contribution is -2.65. The lowest BCUT2D eigenvalue weighted by molar-refractivity contribution is -0.168. The number of rotatable bonds is 1. The van der Waals surface area contributed by atoms with Crippen LogP contribution in [0.4, 0.5) is 0 Å². The molecule has 0 nitrogen and oxygen atoms in total. The second-order valence-electron chi connectivity index (χ2n) is 10.5. The minimum atomic E-state index is -1.26. The van der Waals surface area contributed by atoms with Gasteiger partial charge in [-0.2, -0.15) is 0 Å². The lowest BCUT2D eigenvalue weighted by atomic mass is 9.38. The average Bonchev–Trinajstić information content (AvgIpc) is 2.12. The molecule has 0 spiro atoms. The second kappa shape index (κ2) is 3.90. The van der Waals surface area contributed by atoms with Gasteiger partial charge in [0.2, 0.25) is 0 Å². The van der Waals surface area contributed by atoms with E-state index in [0.717, 1.165) is 0 Å². The van der Waals surface area contributed by atoms with Crippen LogP contribution >= 0.6 is 0 Å². The third-order valence-electron chi connectivity index (χ3n) is 8.65. The molecule has 1 aliphatic rings. The molecule has 0 saturated heterocycles. The Morgan fingerprint density at radius 1 is 0.579 bits per heavy atom. The van der Waals surface area contributed by atoms with Crippen LogP contribution in [0.2, 0.25) is 24.7 Å². The zero-order valence-electron chi connectivity index (χ0n) is 15.7. The summed E-state index contributed by atoms with van der Waals surface area (Å²) in [5.74, 6) is 0. The molecule has 1 heteroatoms. The molecule has 114 valence electrons. The topological polar surface area (TPSA) is 0 Å². The van der Waals surface area contributed by atoms with E-state index >= 15 is 0 Å². The Morgan fingerprint density at radius 3 is 1.26 bits per heavy atom. The van der Waals surface area contributed by atoms with E-state index in [0.29, 0.717) is 26.7 Å². The van der Waals surface area contributed by atoms with Crippen molar-refractivity contribution in [3.8, 4) is 0 Å². The van der Waals surface area contributed by atoms with Gasteiger partial charge in [-0.1, -0.05) is 82.0 Å². The molecule has 1 aliphatic carbocycles. The summed E-state index contributed by atoms with van der Waals surface area (Å²) in [6.07, 6.45) is 1.36. The van der Waals surface area contributed by atoms with E-state index in [1.165, 1.54) is 6.42 Å². The molecule has 0 aromatic carbocycles. The molecule has 1 fully saturated rings. The van der Waals surface area contributed by atoms with Gasteiger partial charge in [0.1, 0.15) is 0 Å². The van der Waals surface area contributed by atoms with Crippen molar-refractivity contribution in [1.29, 1.82) is 0 Å². The molecule has 0 amide bonds. The van der Waals surface area contributed by atoms with Gasteiger partial charge < -0.3 is 0 Å². The Bertz CT molecular complexity index is 366. The molecule has 0 aromatic rings. The highest BCUT2D eigenvalue weighted by Gasteiger charge is 2.68. The summed E-state index contributed by atoms with van der Waals surface area (Å²) in [7, 11) is -1.26. The molecule has 0 aliphatic heterocycles. The normalized spacial score (nSPS) is 36.0. The number of hydrogen-bond donors (Lipinski definition) is 0. The third-order valence-corrected chi connectivity index (χ3v) is 12.8. The van der Waals surface area contributed by atoms with Crippen LogP contribution in [-0.4, -0.2) is 8.07 Å². The molecule has 0 N–H and O–H groups in total. The Hall–Kier alpha value is 0.217. The molecule has 19 heavy (non-hydrogen) atoms. The highest BCUT2D eigenvalue weighted by Crippen LogP contribution is 2.76. The molecule has 0 aromatic heterocycles. The van der Waals surface area contributed by atoms with Crippen LogP contribution in [0, 0.1) is 21.7 Å². The van der Waals surface area contributed by atoms with Crippen molar-refractivity contribution in [2.75, 3.05) is 0 Å². The van der Waals surface area contributed by atoms with Crippen LogP contribution < -0.4 is 0 Å². The van der Waals surface area contributed by atoms with Crippen molar-refractivity contribution in [3.63, 3.8) is 0 Å². The first-order valence-electron chi connectivity index (χ1n) is 7.96. The molecule has 1 saturated carbocycles. The van der Waals surface area contributed by atoms with E-state index in [-0.39, 0.29) is 0 Å². The summed E-state index contributed by atoms with van der Waals surface area (Å²) >= 11 is 0. The fourth-order valence-corrected chi connectivity index (χ4v) is 8.01. The van der Waals surface area contributed by atoms with E-state index in [1.807, 2.05) is 0 Å². The van der Waals surface area contributed by atoms with Gasteiger partial charge in [0.05, 0.1) is 8.07 Å². The van der Waals surface area contributed by atoms with Crippen molar-refractivity contribution in [1.82, 2.24) is 0 Å². The zero-order valence-corrected chi connectivity index (χ0v) is 16.7. The Balaban J connectivity index is 3.60. The van der Waals surface area contributed by atoms with Crippen molar-refractivity contribution in [3.05, 3.63) is 0 Å². The van der Waals surface area contributed by atoms with Crippen molar-refractivity contribution < 1.29 is 0 Å². The average molecular weight is 283 g/mol. The van der Waals surface area contributed by atoms with Crippen LogP contribution in [0.1, 0.15) is 68.7 Å². The fraction of sp³-hybridized carbons (Fsp3) is 1.00. The highest BCUT2D eigenvalue weighted by molar-refractivity contribution is 6.79. The van der Waals surface area contributed by atoms with Crippen LogP contribution in [0.5, 0.6) is 0 Å². The van der Waals surface area contributed by atoms with Crippen LogP contribution in [0.3, 0.4) is 0 Å². The van der Waals surface area contributed by atoms with Gasteiger partial charge in [0, 0.05) is 0 Å². The Morgan fingerprint density at radius 2 is 0.947 bits per heavy atom. The smallest absolute Gasteiger partial charge is 0.0509 e. The minimum Gasteiger partial charge on any atom is -0.0691 e. The maximum Gasteiger partial charge on any atom is 0.0509 e. The van der Waals surface area contributed by atoms with E-state index < -0.39 is 8.07 Å². The van der Waals surface area contributed by atoms with Crippen molar-refractivity contribution in [2.24, 2.45) is 21.7 Å². The van der Waals surface area contributed by atoms with Gasteiger partial charge >= 0.3 is 0 Å². The molecule has 1 unspecified atom stereocenters. The van der Waals surface area contributed by atoms with E-state index in [9.17, 15) is 0 Å². The predicted molar refractivity (Wildman–Crippen MR) is 91.5 cm³/mol. The van der Waals surface area contributed by atoms with Crippen LogP contribution in [0.25, 0.3) is 0 Å². The summed E-state index contributed by atoms with van der Waals surface area (Å²) in [6, 6.07) is 0. The quantitative estimate of drug-likeness (QED) is 0.476. The molecule has 0 radical (unpaired) electrons. The first-order valence-corrected chi connectivity index (χ1v) is 11.5. The molecule has 1 atom stereocenters. The summed E-state index contributed by atoms with van der Waals surface area (Å²) < 4.78 is 0. The van der Waals surface area contributed by atoms with Crippen molar-refractivity contribution in [2.45, 2.75) is 93.4 Å². The van der Waals surface area contributed by atoms with E-state index in [4.69, 9.17) is 0 Å². The Kier molecular flexibility index (Phi) is 3.54. The maximum absolute atomic E-state index is 2.60. The van der Waals surface area contributed by atoms with Crippen LogP contribution in [-0.2, 0) is 0 Å². The molecular formula is C18H38Si. The molecule has 0 bridgehead atoms. The lowest BCUT2D eigenvalue weighted by Gasteiger charge is -2.73. The van der Waals surface area contributed by atoms with Gasteiger partial charge in [-0.25, -0.2) is 0 Å². The van der Waals surface area contributed by atoms with Crippen molar-refractivity contribution >= 4 is 8.07 Å². The standard InChI is InChI=1S/C18H38Si/c1-14(2)13-18(9,19(10,11)12)17(7,8)16(5,6)15(14,3)4/h13H2,1-12H3. The van der Waals surface area contributed by atoms with Gasteiger partial charge in [-0.3, -0.25) is 0 Å². The van der Waals surface area contributed by atoms with Gasteiger partial charge in [0.25, 0.3) is 0 Å².